The molecule has 0 saturated heterocycles. The number of nitrogens with one attached hydrogen (secondary N) is 1. The molecule has 23 heavy (non-hydrogen) atoms. The lowest BCUT2D eigenvalue weighted by molar-refractivity contribution is 0.0939. The molecule has 1 atom stereocenters. The van der Waals surface area contributed by atoms with Gasteiger partial charge in [0.2, 0.25) is 0 Å². The highest BCUT2D eigenvalue weighted by Crippen LogP contribution is 2.22. The van der Waals surface area contributed by atoms with Crippen molar-refractivity contribution in [1.29, 1.82) is 0 Å². The van der Waals surface area contributed by atoms with Gasteiger partial charge in [-0.3, -0.25) is 4.79 Å². The highest BCUT2D eigenvalue weighted by atomic mass is 35.5. The van der Waals surface area contributed by atoms with Gasteiger partial charge in [-0.2, -0.15) is 0 Å². The van der Waals surface area contributed by atoms with Crippen LogP contribution >= 0.6 is 23.4 Å². The lowest BCUT2D eigenvalue weighted by Gasteiger charge is -2.13. The van der Waals surface area contributed by atoms with Crippen molar-refractivity contribution in [3.63, 3.8) is 0 Å². The van der Waals surface area contributed by atoms with Gasteiger partial charge in [-0.15, -0.1) is 11.8 Å². The maximum absolute atomic E-state index is 12.3. The summed E-state index contributed by atoms with van der Waals surface area (Å²) in [6, 6.07) is 14.7. The molecular formula is C18H20ClNO2S. The quantitative estimate of drug-likeness (QED) is 0.732. The number of rotatable bonds is 7. The van der Waals surface area contributed by atoms with Crippen molar-refractivity contribution < 1.29 is 9.90 Å². The van der Waals surface area contributed by atoms with Gasteiger partial charge in [-0.1, -0.05) is 42.8 Å². The predicted molar refractivity (Wildman–Crippen MR) is 96.2 cm³/mol. The van der Waals surface area contributed by atoms with Gasteiger partial charge in [0.15, 0.2) is 0 Å². The molecule has 0 fully saturated rings. The van der Waals surface area contributed by atoms with Crippen LogP contribution in [-0.2, 0) is 0 Å². The number of halogens is 1. The summed E-state index contributed by atoms with van der Waals surface area (Å²) in [5.74, 6) is 0.803. The molecule has 1 amide bonds. The fourth-order valence-electron chi connectivity index (χ4n) is 2.23. The second-order valence-corrected chi connectivity index (χ2v) is 6.79. The fraction of sp³-hybridized carbons (Fsp3) is 0.278. The number of carbonyl (C=O) groups excluding carboxylic acids is 1. The van der Waals surface area contributed by atoms with E-state index in [9.17, 15) is 9.90 Å². The Kier molecular flexibility index (Phi) is 6.96. The predicted octanol–water partition coefficient (Wildman–Crippen LogP) is 4.31. The number of benzene rings is 2. The summed E-state index contributed by atoms with van der Waals surface area (Å²) in [5, 5.41) is 13.6. The smallest absolute Gasteiger partial charge is 0.252 e. The SMILES string of the molecule is CCSc1ccccc1C(=O)NCC[C@H](O)c1cccc(Cl)c1. The highest BCUT2D eigenvalue weighted by molar-refractivity contribution is 7.99. The molecule has 0 unspecified atom stereocenters. The molecule has 2 aromatic carbocycles. The van der Waals surface area contributed by atoms with Crippen molar-refractivity contribution in [3.8, 4) is 0 Å². The van der Waals surface area contributed by atoms with E-state index in [-0.39, 0.29) is 5.91 Å². The van der Waals surface area contributed by atoms with Crippen LogP contribution in [-0.4, -0.2) is 23.3 Å². The lowest BCUT2D eigenvalue weighted by atomic mass is 10.1. The Morgan fingerprint density at radius 3 is 2.78 bits per heavy atom. The minimum atomic E-state index is -0.644. The Morgan fingerprint density at radius 1 is 1.26 bits per heavy atom. The van der Waals surface area contributed by atoms with Crippen molar-refractivity contribution in [2.75, 3.05) is 12.3 Å². The van der Waals surface area contributed by atoms with Crippen LogP contribution in [0, 0.1) is 0 Å². The molecule has 5 heteroatoms. The summed E-state index contributed by atoms with van der Waals surface area (Å²) in [5.41, 5.74) is 1.44. The van der Waals surface area contributed by atoms with Crippen LogP contribution < -0.4 is 5.32 Å². The number of aliphatic hydroxyl groups is 1. The van der Waals surface area contributed by atoms with Gasteiger partial charge in [0.05, 0.1) is 11.7 Å². The van der Waals surface area contributed by atoms with Gasteiger partial charge >= 0.3 is 0 Å². The molecule has 0 saturated carbocycles. The number of hydrogen-bond acceptors (Lipinski definition) is 3. The monoisotopic (exact) mass is 349 g/mol. The first-order valence-electron chi connectivity index (χ1n) is 7.55. The highest BCUT2D eigenvalue weighted by Gasteiger charge is 2.12. The molecule has 0 aliphatic rings. The first kappa shape index (κ1) is 17.9. The fourth-order valence-corrected chi connectivity index (χ4v) is 3.23. The zero-order chi connectivity index (χ0) is 16.7. The Hall–Kier alpha value is -1.49. The third-order valence-corrected chi connectivity index (χ3v) is 4.56. The van der Waals surface area contributed by atoms with Crippen LogP contribution in [0.1, 0.15) is 35.4 Å². The number of amides is 1. The van der Waals surface area contributed by atoms with E-state index >= 15 is 0 Å². The number of hydrogen-bond donors (Lipinski definition) is 2. The van der Waals surface area contributed by atoms with Crippen LogP contribution in [0.3, 0.4) is 0 Å². The molecule has 2 N–H and O–H groups in total. The normalized spacial score (nSPS) is 12.0. The summed E-state index contributed by atoms with van der Waals surface area (Å²) in [6.45, 7) is 2.46. The Labute approximate surface area is 146 Å². The van der Waals surface area contributed by atoms with E-state index in [2.05, 4.69) is 12.2 Å². The van der Waals surface area contributed by atoms with Crippen molar-refractivity contribution in [2.45, 2.75) is 24.3 Å². The van der Waals surface area contributed by atoms with E-state index in [0.29, 0.717) is 23.6 Å². The first-order chi connectivity index (χ1) is 11.1. The van der Waals surface area contributed by atoms with Gasteiger partial charge in [-0.25, -0.2) is 0 Å². The molecule has 0 heterocycles. The Bertz CT molecular complexity index is 663. The van der Waals surface area contributed by atoms with E-state index in [0.717, 1.165) is 16.2 Å². The lowest BCUT2D eigenvalue weighted by Crippen LogP contribution is -2.26. The molecule has 0 aromatic heterocycles. The summed E-state index contributed by atoms with van der Waals surface area (Å²) in [7, 11) is 0. The summed E-state index contributed by atoms with van der Waals surface area (Å²) >= 11 is 7.56. The largest absolute Gasteiger partial charge is 0.388 e. The average molecular weight is 350 g/mol. The number of thioether (sulfide) groups is 1. The van der Waals surface area contributed by atoms with Crippen molar-refractivity contribution in [3.05, 3.63) is 64.7 Å². The molecule has 0 aliphatic heterocycles. The number of aliphatic hydroxyl groups excluding tert-OH is 1. The van der Waals surface area contributed by atoms with E-state index in [4.69, 9.17) is 11.6 Å². The summed E-state index contributed by atoms with van der Waals surface area (Å²) in [4.78, 5) is 13.3. The average Bonchev–Trinajstić information content (AvgIpc) is 2.55. The van der Waals surface area contributed by atoms with Crippen molar-refractivity contribution >= 4 is 29.3 Å². The van der Waals surface area contributed by atoms with Gasteiger partial charge < -0.3 is 10.4 Å². The van der Waals surface area contributed by atoms with Crippen LogP contribution in [0.2, 0.25) is 5.02 Å². The third kappa shape index (κ3) is 5.27. The topological polar surface area (TPSA) is 49.3 Å². The number of carbonyl (C=O) groups is 1. The van der Waals surface area contributed by atoms with Gasteiger partial charge in [0.25, 0.3) is 5.91 Å². The third-order valence-electron chi connectivity index (χ3n) is 3.37. The standard InChI is InChI=1S/C18H20ClNO2S/c1-2-23-17-9-4-3-8-15(17)18(22)20-11-10-16(21)13-6-5-7-14(19)12-13/h3-9,12,16,21H,2,10-11H2,1H3,(H,20,22)/t16-/m0/s1. The second kappa shape index (κ2) is 8.96. The summed E-state index contributed by atoms with van der Waals surface area (Å²) < 4.78 is 0. The zero-order valence-corrected chi connectivity index (χ0v) is 14.5. The zero-order valence-electron chi connectivity index (χ0n) is 13.0. The van der Waals surface area contributed by atoms with Crippen LogP contribution in [0.25, 0.3) is 0 Å². The van der Waals surface area contributed by atoms with Gasteiger partial charge in [-0.05, 0) is 42.0 Å². The van der Waals surface area contributed by atoms with Gasteiger partial charge in [0.1, 0.15) is 0 Å². The molecule has 3 nitrogen and oxygen atoms in total. The molecule has 0 bridgehead atoms. The minimum Gasteiger partial charge on any atom is -0.388 e. The molecule has 2 aromatic rings. The first-order valence-corrected chi connectivity index (χ1v) is 8.91. The van der Waals surface area contributed by atoms with E-state index in [1.165, 1.54) is 0 Å². The Morgan fingerprint density at radius 2 is 2.04 bits per heavy atom. The van der Waals surface area contributed by atoms with Crippen molar-refractivity contribution in [2.24, 2.45) is 0 Å². The molecule has 122 valence electrons. The minimum absolute atomic E-state index is 0.111. The van der Waals surface area contributed by atoms with Crippen LogP contribution in [0.4, 0.5) is 0 Å². The van der Waals surface area contributed by atoms with E-state index < -0.39 is 6.10 Å². The molecule has 2 rings (SSSR count). The van der Waals surface area contributed by atoms with Gasteiger partial charge in [0, 0.05) is 16.5 Å². The van der Waals surface area contributed by atoms with E-state index in [1.54, 1.807) is 30.0 Å². The van der Waals surface area contributed by atoms with Crippen LogP contribution in [0.5, 0.6) is 0 Å². The Balaban J connectivity index is 1.90. The van der Waals surface area contributed by atoms with Crippen molar-refractivity contribution in [1.82, 2.24) is 5.32 Å². The second-order valence-electron chi connectivity index (χ2n) is 5.04. The molecular weight excluding hydrogens is 330 g/mol. The van der Waals surface area contributed by atoms with E-state index in [1.807, 2.05) is 30.3 Å². The molecule has 0 radical (unpaired) electrons. The summed E-state index contributed by atoms with van der Waals surface area (Å²) in [6.07, 6.45) is -0.205. The molecule has 0 aliphatic carbocycles. The maximum Gasteiger partial charge on any atom is 0.252 e. The maximum atomic E-state index is 12.3. The molecule has 0 spiro atoms. The van der Waals surface area contributed by atoms with Crippen LogP contribution in [0.15, 0.2) is 53.4 Å².